The molecule has 0 saturated heterocycles. The van der Waals surface area contributed by atoms with Gasteiger partial charge < -0.3 is 14.2 Å². The van der Waals surface area contributed by atoms with Crippen molar-refractivity contribution in [2.75, 3.05) is 27.1 Å². The molecule has 4 rings (SSSR count). The second-order valence-corrected chi connectivity index (χ2v) is 8.74. The number of ether oxygens (including phenoxy) is 3. The summed E-state index contributed by atoms with van der Waals surface area (Å²) in [6.07, 6.45) is 0. The van der Waals surface area contributed by atoms with Crippen molar-refractivity contribution in [3.8, 4) is 34.3 Å². The van der Waals surface area contributed by atoms with Crippen molar-refractivity contribution in [1.29, 1.82) is 0 Å². The van der Waals surface area contributed by atoms with Crippen LogP contribution in [0, 0.1) is 0 Å². The number of carbonyl (C=O) groups is 1. The fourth-order valence-corrected chi connectivity index (χ4v) is 4.28. The number of amides is 1. The minimum atomic E-state index is -0.268. The Kier molecular flexibility index (Phi) is 8.42. The van der Waals surface area contributed by atoms with E-state index in [1.165, 1.54) is 11.8 Å². The van der Waals surface area contributed by atoms with Crippen LogP contribution in [0.2, 0.25) is 0 Å². The van der Waals surface area contributed by atoms with Crippen LogP contribution in [-0.4, -0.2) is 53.5 Å². The molecule has 1 heterocycles. The van der Waals surface area contributed by atoms with Crippen LogP contribution in [0.1, 0.15) is 12.5 Å². The monoisotopic (exact) mass is 517 g/mol. The lowest BCUT2D eigenvalue weighted by atomic mass is 10.1. The molecule has 1 N–H and O–H groups in total. The van der Waals surface area contributed by atoms with E-state index in [0.717, 1.165) is 22.6 Å². The molecule has 0 aliphatic carbocycles. The third-order valence-corrected chi connectivity index (χ3v) is 6.41. The molecular formula is C27H27N5O4S. The normalized spacial score (nSPS) is 11.2. The zero-order chi connectivity index (χ0) is 26.2. The molecule has 0 radical (unpaired) electrons. The van der Waals surface area contributed by atoms with Gasteiger partial charge in [-0.25, -0.2) is 5.43 Å². The highest BCUT2D eigenvalue weighted by Gasteiger charge is 2.17. The first-order chi connectivity index (χ1) is 18.0. The maximum absolute atomic E-state index is 12.6. The van der Waals surface area contributed by atoms with Gasteiger partial charge in [0.25, 0.3) is 5.91 Å². The maximum atomic E-state index is 12.6. The van der Waals surface area contributed by atoms with Gasteiger partial charge in [0.15, 0.2) is 22.5 Å². The number of thioether (sulfide) groups is 1. The van der Waals surface area contributed by atoms with E-state index in [4.69, 9.17) is 14.2 Å². The predicted molar refractivity (Wildman–Crippen MR) is 144 cm³/mol. The number of hydrogen-bond donors (Lipinski definition) is 1. The lowest BCUT2D eigenvalue weighted by molar-refractivity contribution is -0.118. The van der Waals surface area contributed by atoms with Crippen molar-refractivity contribution in [3.05, 3.63) is 78.4 Å². The molecule has 10 heteroatoms. The summed E-state index contributed by atoms with van der Waals surface area (Å²) in [4.78, 5) is 12.6. The number of benzene rings is 3. The Morgan fingerprint density at radius 3 is 2.32 bits per heavy atom. The van der Waals surface area contributed by atoms with Crippen molar-refractivity contribution in [2.24, 2.45) is 5.10 Å². The van der Waals surface area contributed by atoms with Crippen LogP contribution in [0.15, 0.2) is 83.1 Å². The SMILES string of the molecule is COc1ccc(-n2c(SCC(=O)N/N=C(/C)c3ccc(OC)c(OC)c3)nnc2-c2ccccc2)cc1. The molecule has 0 fully saturated rings. The molecule has 4 aromatic rings. The maximum Gasteiger partial charge on any atom is 0.250 e. The predicted octanol–water partition coefficient (Wildman–Crippen LogP) is 4.59. The number of nitrogens with zero attached hydrogens (tertiary/aromatic N) is 4. The summed E-state index contributed by atoms with van der Waals surface area (Å²) < 4.78 is 17.8. The summed E-state index contributed by atoms with van der Waals surface area (Å²) in [6, 6.07) is 22.8. The molecule has 37 heavy (non-hydrogen) atoms. The van der Waals surface area contributed by atoms with Crippen molar-refractivity contribution in [3.63, 3.8) is 0 Å². The number of hydrogen-bond acceptors (Lipinski definition) is 8. The Morgan fingerprint density at radius 1 is 0.919 bits per heavy atom. The van der Waals surface area contributed by atoms with Gasteiger partial charge in [0.2, 0.25) is 0 Å². The van der Waals surface area contributed by atoms with Crippen LogP contribution >= 0.6 is 11.8 Å². The van der Waals surface area contributed by atoms with Crippen LogP contribution in [0.4, 0.5) is 0 Å². The number of rotatable bonds is 10. The smallest absolute Gasteiger partial charge is 0.250 e. The molecule has 0 aliphatic heterocycles. The summed E-state index contributed by atoms with van der Waals surface area (Å²) in [6.45, 7) is 1.81. The van der Waals surface area contributed by atoms with Crippen LogP contribution in [0.5, 0.6) is 17.2 Å². The van der Waals surface area contributed by atoms with Gasteiger partial charge in [0, 0.05) is 16.8 Å². The van der Waals surface area contributed by atoms with Gasteiger partial charge >= 0.3 is 0 Å². The van der Waals surface area contributed by atoms with Gasteiger partial charge in [-0.3, -0.25) is 9.36 Å². The fourth-order valence-electron chi connectivity index (χ4n) is 3.54. The average molecular weight is 518 g/mol. The second kappa shape index (κ2) is 12.1. The van der Waals surface area contributed by atoms with Crippen LogP contribution in [-0.2, 0) is 4.79 Å². The minimum absolute atomic E-state index is 0.103. The molecule has 0 bridgehead atoms. The number of carbonyl (C=O) groups excluding carboxylic acids is 1. The van der Waals surface area contributed by atoms with E-state index < -0.39 is 0 Å². The average Bonchev–Trinajstić information content (AvgIpc) is 3.38. The highest BCUT2D eigenvalue weighted by atomic mass is 32.2. The van der Waals surface area contributed by atoms with E-state index in [0.29, 0.717) is 28.2 Å². The van der Waals surface area contributed by atoms with E-state index >= 15 is 0 Å². The van der Waals surface area contributed by atoms with Gasteiger partial charge in [-0.2, -0.15) is 5.10 Å². The lowest BCUT2D eigenvalue weighted by Crippen LogP contribution is -2.21. The van der Waals surface area contributed by atoms with Gasteiger partial charge in [-0.1, -0.05) is 42.1 Å². The number of hydrazone groups is 1. The summed E-state index contributed by atoms with van der Waals surface area (Å²) in [7, 11) is 4.77. The van der Waals surface area contributed by atoms with E-state index in [-0.39, 0.29) is 11.7 Å². The van der Waals surface area contributed by atoms with Crippen LogP contribution < -0.4 is 19.6 Å². The molecule has 1 aromatic heterocycles. The molecule has 9 nitrogen and oxygen atoms in total. The van der Waals surface area contributed by atoms with E-state index in [2.05, 4.69) is 20.7 Å². The molecule has 3 aromatic carbocycles. The lowest BCUT2D eigenvalue weighted by Gasteiger charge is -2.11. The summed E-state index contributed by atoms with van der Waals surface area (Å²) in [5.41, 5.74) is 5.82. The molecule has 1 amide bonds. The largest absolute Gasteiger partial charge is 0.497 e. The third kappa shape index (κ3) is 6.10. The molecule has 190 valence electrons. The second-order valence-electron chi connectivity index (χ2n) is 7.80. The van der Waals surface area contributed by atoms with Gasteiger partial charge in [0.05, 0.1) is 32.8 Å². The van der Waals surface area contributed by atoms with Gasteiger partial charge in [-0.05, 0) is 49.4 Å². The molecular weight excluding hydrogens is 490 g/mol. The van der Waals surface area contributed by atoms with Crippen LogP contribution in [0.25, 0.3) is 17.1 Å². The summed E-state index contributed by atoms with van der Waals surface area (Å²) in [5, 5.41) is 13.6. The first-order valence-corrected chi connectivity index (χ1v) is 12.4. The van der Waals surface area contributed by atoms with Crippen LogP contribution in [0.3, 0.4) is 0 Å². The molecule has 0 saturated carbocycles. The Balaban J connectivity index is 1.50. The first-order valence-electron chi connectivity index (χ1n) is 11.4. The highest BCUT2D eigenvalue weighted by molar-refractivity contribution is 7.99. The van der Waals surface area contributed by atoms with E-state index in [1.807, 2.05) is 65.2 Å². The number of aromatic nitrogens is 3. The fraction of sp³-hybridized carbons (Fsp3) is 0.185. The third-order valence-electron chi connectivity index (χ3n) is 5.48. The molecule has 0 unspecified atom stereocenters. The topological polar surface area (TPSA) is 99.9 Å². The van der Waals surface area contributed by atoms with Gasteiger partial charge in [0.1, 0.15) is 5.75 Å². The molecule has 0 atom stereocenters. The van der Waals surface area contributed by atoms with Gasteiger partial charge in [-0.15, -0.1) is 10.2 Å². The Hall–Kier alpha value is -4.31. The Bertz CT molecular complexity index is 1390. The van der Waals surface area contributed by atoms with Crippen molar-refractivity contribution in [2.45, 2.75) is 12.1 Å². The zero-order valence-corrected chi connectivity index (χ0v) is 21.8. The standard InChI is InChI=1S/C27H27N5O4S/c1-18(20-10-15-23(35-3)24(16-20)36-4)28-29-25(33)17-37-27-31-30-26(19-8-6-5-7-9-19)32(27)21-11-13-22(34-2)14-12-21/h5-16H,17H2,1-4H3,(H,29,33)/b28-18-. The highest BCUT2D eigenvalue weighted by Crippen LogP contribution is 2.29. The minimum Gasteiger partial charge on any atom is -0.497 e. The first kappa shape index (κ1) is 25.8. The van der Waals surface area contributed by atoms with Crippen molar-refractivity contribution < 1.29 is 19.0 Å². The zero-order valence-electron chi connectivity index (χ0n) is 21.0. The quantitative estimate of drug-likeness (QED) is 0.187. The van der Waals surface area contributed by atoms with E-state index in [9.17, 15) is 4.79 Å². The Labute approximate surface area is 219 Å². The van der Waals surface area contributed by atoms with E-state index in [1.54, 1.807) is 40.4 Å². The summed E-state index contributed by atoms with van der Waals surface area (Å²) >= 11 is 1.27. The van der Waals surface area contributed by atoms with Crippen molar-refractivity contribution >= 4 is 23.4 Å². The van der Waals surface area contributed by atoms with Crippen molar-refractivity contribution in [1.82, 2.24) is 20.2 Å². The number of nitrogens with one attached hydrogen (secondary N) is 1. The molecule has 0 aliphatic rings. The molecule has 0 spiro atoms. The Morgan fingerprint density at radius 2 is 1.65 bits per heavy atom. The number of methoxy groups -OCH3 is 3. The summed E-state index contributed by atoms with van der Waals surface area (Å²) in [5.74, 6) is 2.46.